The third kappa shape index (κ3) is 3.19. The van der Waals surface area contributed by atoms with E-state index in [4.69, 9.17) is 5.73 Å². The lowest BCUT2D eigenvalue weighted by molar-refractivity contribution is -0.120. The number of amides is 1. The first kappa shape index (κ1) is 9.48. The number of primary amides is 1. The molecule has 1 heterocycles. The van der Waals surface area contributed by atoms with Gasteiger partial charge in [-0.3, -0.25) is 4.79 Å². The van der Waals surface area contributed by atoms with E-state index in [1.807, 2.05) is 0 Å². The Labute approximate surface area is 72.3 Å². The molecule has 0 aliphatic carbocycles. The number of hydrogen-bond donors (Lipinski definition) is 2. The number of aliphatic hydroxyl groups excluding tert-OH is 1. The van der Waals surface area contributed by atoms with Gasteiger partial charge in [0, 0.05) is 6.54 Å². The first-order valence-electron chi connectivity index (χ1n) is 4.37. The van der Waals surface area contributed by atoms with E-state index < -0.39 is 12.0 Å². The van der Waals surface area contributed by atoms with Gasteiger partial charge in [-0.15, -0.1) is 0 Å². The van der Waals surface area contributed by atoms with E-state index in [2.05, 4.69) is 4.90 Å². The molecule has 1 aliphatic rings. The number of rotatable bonds is 4. The van der Waals surface area contributed by atoms with Crippen molar-refractivity contribution in [3.8, 4) is 0 Å². The number of hydrogen-bond acceptors (Lipinski definition) is 3. The normalized spacial score (nSPS) is 21.1. The first-order chi connectivity index (χ1) is 5.68. The molecular formula is C8H16N2O2. The molecule has 0 radical (unpaired) electrons. The summed E-state index contributed by atoms with van der Waals surface area (Å²) in [5.74, 6) is -0.429. The van der Waals surface area contributed by atoms with E-state index in [0.717, 1.165) is 13.1 Å². The van der Waals surface area contributed by atoms with Crippen molar-refractivity contribution in [2.45, 2.75) is 25.4 Å². The molecule has 1 amide bonds. The van der Waals surface area contributed by atoms with Gasteiger partial charge < -0.3 is 15.7 Å². The van der Waals surface area contributed by atoms with E-state index in [1.54, 1.807) is 0 Å². The fourth-order valence-electron chi connectivity index (χ4n) is 1.56. The van der Waals surface area contributed by atoms with Crippen molar-refractivity contribution in [1.29, 1.82) is 0 Å². The summed E-state index contributed by atoms with van der Waals surface area (Å²) < 4.78 is 0. The summed E-state index contributed by atoms with van der Waals surface area (Å²) in [6, 6.07) is 0. The molecule has 1 atom stereocenters. The van der Waals surface area contributed by atoms with Crippen LogP contribution in [0.2, 0.25) is 0 Å². The Bertz CT molecular complexity index is 155. The highest BCUT2D eigenvalue weighted by atomic mass is 16.3. The fraction of sp³-hybridized carbons (Fsp3) is 0.875. The summed E-state index contributed by atoms with van der Waals surface area (Å²) in [6.45, 7) is 2.66. The Kier molecular flexibility index (Phi) is 3.49. The van der Waals surface area contributed by atoms with Crippen molar-refractivity contribution in [1.82, 2.24) is 4.90 Å². The van der Waals surface area contributed by atoms with Crippen molar-refractivity contribution in [3.05, 3.63) is 0 Å². The molecule has 0 bridgehead atoms. The topological polar surface area (TPSA) is 66.6 Å². The Morgan fingerprint density at radius 1 is 1.50 bits per heavy atom. The molecule has 0 aromatic rings. The van der Waals surface area contributed by atoms with Crippen LogP contribution in [0.25, 0.3) is 0 Å². The maximum absolute atomic E-state index is 10.4. The summed E-state index contributed by atoms with van der Waals surface area (Å²) in [7, 11) is 0. The van der Waals surface area contributed by atoms with Crippen LogP contribution in [0.3, 0.4) is 0 Å². The highest BCUT2D eigenvalue weighted by molar-refractivity contribution is 5.74. The minimum atomic E-state index is -0.583. The van der Waals surface area contributed by atoms with E-state index in [9.17, 15) is 9.90 Å². The summed E-state index contributed by atoms with van der Waals surface area (Å²) >= 11 is 0. The zero-order chi connectivity index (χ0) is 8.97. The third-order valence-corrected chi connectivity index (χ3v) is 2.10. The Hall–Kier alpha value is -0.610. The summed E-state index contributed by atoms with van der Waals surface area (Å²) in [5.41, 5.74) is 4.95. The number of carbonyl (C=O) groups excluding carboxylic acids is 1. The molecule has 1 fully saturated rings. The highest BCUT2D eigenvalue weighted by Gasteiger charge is 2.16. The number of likely N-dealkylation sites (tertiary alicyclic amines) is 1. The Morgan fingerprint density at radius 2 is 2.08 bits per heavy atom. The molecule has 3 N–H and O–H groups in total. The lowest BCUT2D eigenvalue weighted by Gasteiger charge is -2.17. The van der Waals surface area contributed by atoms with Crippen LogP contribution < -0.4 is 5.73 Å². The van der Waals surface area contributed by atoms with Gasteiger partial charge in [-0.05, 0) is 25.9 Å². The number of aliphatic hydroxyl groups is 1. The van der Waals surface area contributed by atoms with Crippen LogP contribution in [0, 0.1) is 0 Å². The van der Waals surface area contributed by atoms with Gasteiger partial charge in [0.25, 0.3) is 0 Å². The van der Waals surface area contributed by atoms with Gasteiger partial charge >= 0.3 is 0 Å². The maximum atomic E-state index is 10.4. The SMILES string of the molecule is NC(=O)CC(O)CN1CCCC1. The van der Waals surface area contributed by atoms with Gasteiger partial charge in [0.1, 0.15) is 0 Å². The molecule has 4 nitrogen and oxygen atoms in total. The van der Waals surface area contributed by atoms with Crippen LogP contribution in [0.15, 0.2) is 0 Å². The standard InChI is InChI=1S/C8H16N2O2/c9-8(12)5-7(11)6-10-3-1-2-4-10/h7,11H,1-6H2,(H2,9,12). The second-order valence-corrected chi connectivity index (χ2v) is 3.33. The maximum Gasteiger partial charge on any atom is 0.220 e. The van der Waals surface area contributed by atoms with Crippen LogP contribution in [0.4, 0.5) is 0 Å². The average Bonchev–Trinajstić information content (AvgIpc) is 2.37. The summed E-state index contributed by atoms with van der Waals surface area (Å²) in [6.07, 6.45) is 1.89. The molecule has 1 aliphatic heterocycles. The first-order valence-corrected chi connectivity index (χ1v) is 4.37. The molecule has 0 aromatic heterocycles. The van der Waals surface area contributed by atoms with Gasteiger partial charge in [0.2, 0.25) is 5.91 Å². The van der Waals surface area contributed by atoms with E-state index >= 15 is 0 Å². The molecule has 1 rings (SSSR count). The quantitative estimate of drug-likeness (QED) is 0.590. The van der Waals surface area contributed by atoms with Gasteiger partial charge in [-0.25, -0.2) is 0 Å². The molecule has 0 spiro atoms. The zero-order valence-electron chi connectivity index (χ0n) is 7.20. The molecule has 0 saturated carbocycles. The van der Waals surface area contributed by atoms with E-state index in [0.29, 0.717) is 6.54 Å². The minimum Gasteiger partial charge on any atom is -0.391 e. The second kappa shape index (κ2) is 4.42. The largest absolute Gasteiger partial charge is 0.391 e. The van der Waals surface area contributed by atoms with Crippen LogP contribution in [-0.2, 0) is 4.79 Å². The van der Waals surface area contributed by atoms with E-state index in [1.165, 1.54) is 12.8 Å². The fourth-order valence-corrected chi connectivity index (χ4v) is 1.56. The zero-order valence-corrected chi connectivity index (χ0v) is 7.20. The molecule has 4 heteroatoms. The van der Waals surface area contributed by atoms with Crippen molar-refractivity contribution in [3.63, 3.8) is 0 Å². The molecule has 70 valence electrons. The van der Waals surface area contributed by atoms with Crippen molar-refractivity contribution >= 4 is 5.91 Å². The van der Waals surface area contributed by atoms with Crippen LogP contribution >= 0.6 is 0 Å². The molecule has 0 aromatic carbocycles. The number of nitrogens with zero attached hydrogens (tertiary/aromatic N) is 1. The Morgan fingerprint density at radius 3 is 2.58 bits per heavy atom. The van der Waals surface area contributed by atoms with Gasteiger partial charge in [-0.1, -0.05) is 0 Å². The highest BCUT2D eigenvalue weighted by Crippen LogP contribution is 2.08. The molecule has 1 unspecified atom stereocenters. The van der Waals surface area contributed by atoms with Gasteiger partial charge in [0.15, 0.2) is 0 Å². The summed E-state index contributed by atoms with van der Waals surface area (Å²) in [5, 5.41) is 9.34. The van der Waals surface area contributed by atoms with Crippen molar-refractivity contribution in [2.75, 3.05) is 19.6 Å². The molecular weight excluding hydrogens is 156 g/mol. The minimum absolute atomic E-state index is 0.0799. The average molecular weight is 172 g/mol. The molecule has 1 saturated heterocycles. The van der Waals surface area contributed by atoms with Crippen molar-refractivity contribution < 1.29 is 9.90 Å². The van der Waals surface area contributed by atoms with Crippen LogP contribution in [-0.4, -0.2) is 41.7 Å². The third-order valence-electron chi connectivity index (χ3n) is 2.10. The number of β-amino-alcohol motifs (C(OH)–C–C–N with tert-alkyl or cyclic N) is 1. The predicted octanol–water partition coefficient (Wildman–Crippen LogP) is -0.682. The predicted molar refractivity (Wildman–Crippen MR) is 45.5 cm³/mol. The molecule has 12 heavy (non-hydrogen) atoms. The summed E-state index contributed by atoms with van der Waals surface area (Å²) in [4.78, 5) is 12.6. The van der Waals surface area contributed by atoms with Crippen molar-refractivity contribution in [2.24, 2.45) is 5.73 Å². The van der Waals surface area contributed by atoms with Gasteiger partial charge in [0.05, 0.1) is 12.5 Å². The second-order valence-electron chi connectivity index (χ2n) is 3.33. The number of nitrogens with two attached hydrogens (primary N) is 1. The lowest BCUT2D eigenvalue weighted by atomic mass is 10.2. The van der Waals surface area contributed by atoms with E-state index in [-0.39, 0.29) is 6.42 Å². The van der Waals surface area contributed by atoms with Crippen LogP contribution in [0.5, 0.6) is 0 Å². The van der Waals surface area contributed by atoms with Gasteiger partial charge in [-0.2, -0.15) is 0 Å². The lowest BCUT2D eigenvalue weighted by Crippen LogP contribution is -2.32. The Balaban J connectivity index is 2.16. The smallest absolute Gasteiger partial charge is 0.220 e. The monoisotopic (exact) mass is 172 g/mol. The number of carbonyl (C=O) groups is 1. The van der Waals surface area contributed by atoms with Crippen LogP contribution in [0.1, 0.15) is 19.3 Å².